The van der Waals surface area contributed by atoms with Gasteiger partial charge in [-0.15, -0.1) is 0 Å². The first-order valence-corrected chi connectivity index (χ1v) is 4.90. The molecule has 0 saturated carbocycles. The van der Waals surface area contributed by atoms with Crippen molar-refractivity contribution in [1.29, 1.82) is 0 Å². The van der Waals surface area contributed by atoms with Gasteiger partial charge in [-0.05, 0) is 5.56 Å². The molecule has 6 N–H and O–H groups in total. The van der Waals surface area contributed by atoms with Crippen molar-refractivity contribution < 1.29 is 4.79 Å². The average molecular weight is 220 g/mol. The smallest absolute Gasteiger partial charge is 0.145 e. The zero-order valence-corrected chi connectivity index (χ0v) is 8.91. The van der Waals surface area contributed by atoms with Gasteiger partial charge in [-0.3, -0.25) is 0 Å². The van der Waals surface area contributed by atoms with E-state index in [1.807, 2.05) is 30.3 Å². The molecule has 0 spiro atoms. The highest BCUT2D eigenvalue weighted by Crippen LogP contribution is 2.08. The monoisotopic (exact) mass is 220 g/mol. The van der Waals surface area contributed by atoms with Gasteiger partial charge in [0.05, 0.1) is 5.70 Å². The van der Waals surface area contributed by atoms with E-state index < -0.39 is 6.04 Å². The zero-order valence-electron chi connectivity index (χ0n) is 8.91. The maximum Gasteiger partial charge on any atom is 0.145 e. The third-order valence-electron chi connectivity index (χ3n) is 2.18. The maximum absolute atomic E-state index is 10.6. The van der Waals surface area contributed by atoms with Gasteiger partial charge in [0.25, 0.3) is 0 Å². The second kappa shape index (κ2) is 5.89. The number of aldehydes is 1. The van der Waals surface area contributed by atoms with Crippen molar-refractivity contribution in [2.75, 3.05) is 6.54 Å². The van der Waals surface area contributed by atoms with Crippen molar-refractivity contribution in [3.8, 4) is 0 Å². The van der Waals surface area contributed by atoms with Crippen LogP contribution in [0.15, 0.2) is 36.5 Å². The predicted molar refractivity (Wildman–Crippen MR) is 63.5 cm³/mol. The van der Waals surface area contributed by atoms with Gasteiger partial charge in [0.15, 0.2) is 0 Å². The summed E-state index contributed by atoms with van der Waals surface area (Å²) in [6.45, 7) is 0.151. The van der Waals surface area contributed by atoms with Gasteiger partial charge in [0.1, 0.15) is 12.3 Å². The van der Waals surface area contributed by atoms with Gasteiger partial charge in [-0.25, -0.2) is 5.84 Å². The Bertz CT molecular complexity index is 364. The van der Waals surface area contributed by atoms with Crippen LogP contribution in [-0.4, -0.2) is 23.9 Å². The molecule has 0 saturated heterocycles. The van der Waals surface area contributed by atoms with Gasteiger partial charge < -0.3 is 21.3 Å². The molecule has 1 rings (SSSR count). The molecule has 0 aliphatic rings. The lowest BCUT2D eigenvalue weighted by Gasteiger charge is -2.20. The van der Waals surface area contributed by atoms with E-state index in [-0.39, 0.29) is 6.54 Å². The molecule has 1 aromatic carbocycles. The summed E-state index contributed by atoms with van der Waals surface area (Å²) in [6, 6.07) is 8.80. The third kappa shape index (κ3) is 3.08. The lowest BCUT2D eigenvalue weighted by atomic mass is 10.2. The van der Waals surface area contributed by atoms with E-state index in [9.17, 15) is 4.79 Å². The first-order valence-electron chi connectivity index (χ1n) is 4.90. The molecule has 1 aromatic rings. The van der Waals surface area contributed by atoms with E-state index in [2.05, 4.69) is 0 Å². The Morgan fingerprint density at radius 2 is 2.00 bits per heavy atom. The molecule has 86 valence electrons. The molecule has 5 nitrogen and oxygen atoms in total. The number of carbonyl (C=O) groups excluding carboxylic acids is 1. The molecule has 0 bridgehead atoms. The lowest BCUT2D eigenvalue weighted by molar-refractivity contribution is -0.111. The van der Waals surface area contributed by atoms with Crippen LogP contribution >= 0.6 is 0 Å². The van der Waals surface area contributed by atoms with Gasteiger partial charge in [-0.2, -0.15) is 0 Å². The molecular weight excluding hydrogens is 204 g/mol. The fraction of sp³-hybridized carbons (Fsp3) is 0.182. The second-order valence-corrected chi connectivity index (χ2v) is 3.34. The summed E-state index contributed by atoms with van der Waals surface area (Å²) >= 11 is 0. The predicted octanol–water partition coefficient (Wildman–Crippen LogP) is -0.354. The lowest BCUT2D eigenvalue weighted by Crippen LogP contribution is -2.43. The molecule has 0 aromatic heterocycles. The molecule has 0 amide bonds. The van der Waals surface area contributed by atoms with Crippen LogP contribution in [0.2, 0.25) is 0 Å². The van der Waals surface area contributed by atoms with E-state index >= 15 is 0 Å². The summed E-state index contributed by atoms with van der Waals surface area (Å²) in [7, 11) is 0. The highest BCUT2D eigenvalue weighted by molar-refractivity contribution is 5.63. The Morgan fingerprint density at radius 1 is 1.38 bits per heavy atom. The molecule has 1 unspecified atom stereocenters. The minimum absolute atomic E-state index is 0.151. The summed E-state index contributed by atoms with van der Waals surface area (Å²) in [5.74, 6) is 5.64. The normalized spacial score (nSPS) is 13.2. The highest BCUT2D eigenvalue weighted by atomic mass is 16.1. The number of hydrazine groups is 1. The Labute approximate surface area is 94.5 Å². The number of rotatable bonds is 5. The Balaban J connectivity index is 2.80. The van der Waals surface area contributed by atoms with E-state index in [0.717, 1.165) is 5.56 Å². The van der Waals surface area contributed by atoms with Crippen molar-refractivity contribution in [2.45, 2.75) is 6.04 Å². The molecule has 0 fully saturated rings. The van der Waals surface area contributed by atoms with Crippen molar-refractivity contribution >= 4 is 12.0 Å². The number of carbonyl (C=O) groups is 1. The molecule has 0 radical (unpaired) electrons. The summed E-state index contributed by atoms with van der Waals surface area (Å²) in [5.41, 5.74) is 12.5. The largest absolute Gasteiger partial charge is 0.397 e. The topological polar surface area (TPSA) is 98.4 Å². The Hall–Kier alpha value is -1.85. The number of hydrogen-bond donors (Lipinski definition) is 3. The second-order valence-electron chi connectivity index (χ2n) is 3.34. The maximum atomic E-state index is 10.6. The summed E-state index contributed by atoms with van der Waals surface area (Å²) in [6.07, 6.45) is 2.19. The quantitative estimate of drug-likeness (QED) is 0.358. The van der Waals surface area contributed by atoms with Crippen molar-refractivity contribution in [2.24, 2.45) is 17.3 Å². The van der Waals surface area contributed by atoms with Gasteiger partial charge >= 0.3 is 0 Å². The summed E-state index contributed by atoms with van der Waals surface area (Å²) in [4.78, 5) is 10.6. The molecule has 0 heterocycles. The number of nitrogens with two attached hydrogens (primary N) is 3. The van der Waals surface area contributed by atoms with Gasteiger partial charge in [0, 0.05) is 12.7 Å². The minimum atomic E-state index is -0.553. The fourth-order valence-electron chi connectivity index (χ4n) is 1.21. The molecular formula is C11H16N4O. The van der Waals surface area contributed by atoms with E-state index in [4.69, 9.17) is 17.3 Å². The van der Waals surface area contributed by atoms with Gasteiger partial charge in [0.2, 0.25) is 0 Å². The molecule has 1 atom stereocenters. The minimum Gasteiger partial charge on any atom is -0.397 e. The summed E-state index contributed by atoms with van der Waals surface area (Å²) in [5, 5.41) is 1.22. The molecule has 0 aliphatic carbocycles. The fourth-order valence-corrected chi connectivity index (χ4v) is 1.21. The molecule has 16 heavy (non-hydrogen) atoms. The first-order chi connectivity index (χ1) is 7.69. The standard InChI is InChI=1S/C11H16N4O/c12-6-10(8-16)15(14)7-11(13)9-4-2-1-3-5-9/h1-5,7-8,10H,6,12-14H2/b11-7-. The van der Waals surface area contributed by atoms with Crippen LogP contribution in [-0.2, 0) is 4.79 Å². The Morgan fingerprint density at radius 3 is 2.50 bits per heavy atom. The summed E-state index contributed by atoms with van der Waals surface area (Å²) < 4.78 is 0. The number of benzene rings is 1. The van der Waals surface area contributed by atoms with E-state index in [1.165, 1.54) is 11.2 Å². The van der Waals surface area contributed by atoms with Crippen LogP contribution in [0.3, 0.4) is 0 Å². The van der Waals surface area contributed by atoms with Crippen molar-refractivity contribution in [3.63, 3.8) is 0 Å². The average Bonchev–Trinajstić information content (AvgIpc) is 2.31. The first kappa shape index (κ1) is 12.2. The SMILES string of the molecule is NCC(C=O)N(N)/C=C(\N)c1ccccc1. The Kier molecular flexibility index (Phi) is 4.50. The van der Waals surface area contributed by atoms with Crippen LogP contribution in [0.5, 0.6) is 0 Å². The van der Waals surface area contributed by atoms with Gasteiger partial charge in [-0.1, -0.05) is 30.3 Å². The van der Waals surface area contributed by atoms with Crippen LogP contribution in [0, 0.1) is 0 Å². The number of hydrogen-bond acceptors (Lipinski definition) is 5. The van der Waals surface area contributed by atoms with Crippen LogP contribution in [0.1, 0.15) is 5.56 Å². The molecule has 5 heteroatoms. The van der Waals surface area contributed by atoms with E-state index in [0.29, 0.717) is 12.0 Å². The third-order valence-corrected chi connectivity index (χ3v) is 2.18. The van der Waals surface area contributed by atoms with Crippen molar-refractivity contribution in [3.05, 3.63) is 42.1 Å². The molecule has 0 aliphatic heterocycles. The number of nitrogens with zero attached hydrogens (tertiary/aromatic N) is 1. The van der Waals surface area contributed by atoms with Crippen LogP contribution in [0.25, 0.3) is 5.70 Å². The highest BCUT2D eigenvalue weighted by Gasteiger charge is 2.09. The van der Waals surface area contributed by atoms with Crippen LogP contribution < -0.4 is 17.3 Å². The van der Waals surface area contributed by atoms with E-state index in [1.54, 1.807) is 0 Å². The zero-order chi connectivity index (χ0) is 12.0. The van der Waals surface area contributed by atoms with Crippen molar-refractivity contribution in [1.82, 2.24) is 5.01 Å². The van der Waals surface area contributed by atoms with Crippen LogP contribution in [0.4, 0.5) is 0 Å².